The van der Waals surface area contributed by atoms with Crippen LogP contribution < -0.4 is 16.4 Å². The van der Waals surface area contributed by atoms with Crippen LogP contribution in [0.1, 0.15) is 16.7 Å². The molecule has 0 radical (unpaired) electrons. The normalized spacial score (nSPS) is 16.0. The molecule has 1 aliphatic heterocycles. The summed E-state index contributed by atoms with van der Waals surface area (Å²) < 4.78 is 41.3. The van der Waals surface area contributed by atoms with Crippen molar-refractivity contribution in [1.29, 1.82) is 0 Å². The van der Waals surface area contributed by atoms with Crippen molar-refractivity contribution < 1.29 is 22.4 Å². The van der Waals surface area contributed by atoms with E-state index < -0.39 is 33.9 Å². The maximum absolute atomic E-state index is 13.4. The van der Waals surface area contributed by atoms with Gasteiger partial charge in [0.15, 0.2) is 6.17 Å². The number of nitrogens with one attached hydrogen (secondary N) is 2. The summed E-state index contributed by atoms with van der Waals surface area (Å²) in [5.74, 6) is -1.26. The van der Waals surface area contributed by atoms with Gasteiger partial charge in [-0.15, -0.1) is 0 Å². The van der Waals surface area contributed by atoms with Gasteiger partial charge in [-0.3, -0.25) is 9.69 Å². The maximum atomic E-state index is 13.4. The van der Waals surface area contributed by atoms with E-state index in [4.69, 9.17) is 5.73 Å². The van der Waals surface area contributed by atoms with Crippen LogP contribution in [0.4, 0.5) is 14.9 Å². The lowest BCUT2D eigenvalue weighted by Gasteiger charge is -2.29. The Bertz CT molecular complexity index is 1380. The van der Waals surface area contributed by atoms with Gasteiger partial charge in [0.1, 0.15) is 5.82 Å². The highest BCUT2D eigenvalue weighted by atomic mass is 32.2. The molecule has 37 heavy (non-hydrogen) atoms. The SMILES string of the molecule is Cc1ccc(NC(=O)N2CCN(S(=O)(=O)c3ccc(F)cc3)C2C(=O)NCc2cccc(CN)c2)cc1. The summed E-state index contributed by atoms with van der Waals surface area (Å²) in [5.41, 5.74) is 8.86. The van der Waals surface area contributed by atoms with E-state index in [9.17, 15) is 22.4 Å². The first kappa shape index (κ1) is 26.3. The van der Waals surface area contributed by atoms with Crippen LogP contribution in [0.3, 0.4) is 0 Å². The molecule has 3 aromatic carbocycles. The van der Waals surface area contributed by atoms with Gasteiger partial charge in [0.2, 0.25) is 10.0 Å². The molecule has 9 nitrogen and oxygen atoms in total. The number of carbonyl (C=O) groups excluding carboxylic acids is 2. The van der Waals surface area contributed by atoms with E-state index in [1.54, 1.807) is 12.1 Å². The maximum Gasteiger partial charge on any atom is 0.323 e. The third kappa shape index (κ3) is 5.96. The number of benzene rings is 3. The van der Waals surface area contributed by atoms with Crippen LogP contribution in [0.25, 0.3) is 0 Å². The number of aryl methyl sites for hydroxylation is 1. The van der Waals surface area contributed by atoms with Crippen molar-refractivity contribution in [3.8, 4) is 0 Å². The van der Waals surface area contributed by atoms with Crippen LogP contribution in [-0.2, 0) is 27.9 Å². The van der Waals surface area contributed by atoms with Crippen molar-refractivity contribution in [2.45, 2.75) is 31.1 Å². The predicted octanol–water partition coefficient (Wildman–Crippen LogP) is 2.77. The topological polar surface area (TPSA) is 125 Å². The van der Waals surface area contributed by atoms with Crippen molar-refractivity contribution in [2.24, 2.45) is 5.73 Å². The third-order valence-corrected chi connectivity index (χ3v) is 7.91. The summed E-state index contributed by atoms with van der Waals surface area (Å²) in [6, 6.07) is 18.1. The Morgan fingerprint density at radius 1 is 1.00 bits per heavy atom. The fourth-order valence-electron chi connectivity index (χ4n) is 4.06. The molecular formula is C26H28FN5O4S. The van der Waals surface area contributed by atoms with Crippen LogP contribution in [0.5, 0.6) is 0 Å². The van der Waals surface area contributed by atoms with Crippen molar-refractivity contribution in [3.05, 3.63) is 95.3 Å². The summed E-state index contributed by atoms with van der Waals surface area (Å²) in [5, 5.41) is 5.47. The zero-order chi connectivity index (χ0) is 26.6. The van der Waals surface area contributed by atoms with Crippen molar-refractivity contribution in [2.75, 3.05) is 18.4 Å². The summed E-state index contributed by atoms with van der Waals surface area (Å²) in [6.07, 6.45) is -1.45. The van der Waals surface area contributed by atoms with Crippen molar-refractivity contribution >= 4 is 27.6 Å². The Morgan fingerprint density at radius 2 is 1.68 bits per heavy atom. The molecule has 4 N–H and O–H groups in total. The molecule has 1 atom stereocenters. The van der Waals surface area contributed by atoms with Gasteiger partial charge in [0.25, 0.3) is 5.91 Å². The van der Waals surface area contributed by atoms with Gasteiger partial charge in [-0.2, -0.15) is 4.31 Å². The fraction of sp³-hybridized carbons (Fsp3) is 0.231. The van der Waals surface area contributed by atoms with Crippen LogP contribution >= 0.6 is 0 Å². The quantitative estimate of drug-likeness (QED) is 0.438. The highest BCUT2D eigenvalue weighted by molar-refractivity contribution is 7.89. The second-order valence-corrected chi connectivity index (χ2v) is 10.6. The number of hydrogen-bond acceptors (Lipinski definition) is 5. The molecule has 0 saturated carbocycles. The average Bonchev–Trinajstić information content (AvgIpc) is 3.35. The van der Waals surface area contributed by atoms with Gasteiger partial charge < -0.3 is 16.4 Å². The minimum Gasteiger partial charge on any atom is -0.349 e. The zero-order valence-corrected chi connectivity index (χ0v) is 21.0. The summed E-state index contributed by atoms with van der Waals surface area (Å²) in [6.45, 7) is 2.23. The number of sulfonamides is 1. The van der Waals surface area contributed by atoms with E-state index in [2.05, 4.69) is 10.6 Å². The number of nitrogens with two attached hydrogens (primary N) is 1. The smallest absolute Gasteiger partial charge is 0.323 e. The Kier molecular flexibility index (Phi) is 7.86. The van der Waals surface area contributed by atoms with Gasteiger partial charge in [-0.05, 0) is 54.4 Å². The summed E-state index contributed by atoms with van der Waals surface area (Å²) in [4.78, 5) is 27.6. The van der Waals surface area contributed by atoms with Crippen LogP contribution in [0.2, 0.25) is 0 Å². The van der Waals surface area contributed by atoms with Crippen molar-refractivity contribution in [1.82, 2.24) is 14.5 Å². The number of carbonyl (C=O) groups is 2. The molecular weight excluding hydrogens is 497 g/mol. The monoisotopic (exact) mass is 525 g/mol. The van der Waals surface area contributed by atoms with E-state index in [1.807, 2.05) is 43.3 Å². The molecule has 1 saturated heterocycles. The second-order valence-electron chi connectivity index (χ2n) is 8.67. The van der Waals surface area contributed by atoms with Gasteiger partial charge in [-0.1, -0.05) is 42.0 Å². The molecule has 0 aliphatic carbocycles. The lowest BCUT2D eigenvalue weighted by Crippen LogP contribution is -2.54. The van der Waals surface area contributed by atoms with Gasteiger partial charge >= 0.3 is 6.03 Å². The minimum atomic E-state index is -4.22. The number of halogens is 1. The molecule has 1 unspecified atom stereocenters. The number of urea groups is 1. The molecule has 1 aliphatic rings. The highest BCUT2D eigenvalue weighted by Crippen LogP contribution is 2.26. The standard InChI is InChI=1S/C26H28FN5O4S/c1-18-5-9-22(10-6-18)30-26(34)31-13-14-32(37(35,36)23-11-7-21(27)8-12-23)25(31)24(33)29-17-20-4-2-3-19(15-20)16-28/h2-12,15,25H,13-14,16-17,28H2,1H3,(H,29,33)(H,30,34). The number of rotatable bonds is 7. The van der Waals surface area contributed by atoms with Crippen molar-refractivity contribution in [3.63, 3.8) is 0 Å². The van der Waals surface area contributed by atoms with Gasteiger partial charge in [0, 0.05) is 31.9 Å². The Morgan fingerprint density at radius 3 is 2.35 bits per heavy atom. The first-order chi connectivity index (χ1) is 17.7. The predicted molar refractivity (Wildman–Crippen MR) is 137 cm³/mol. The van der Waals surface area contributed by atoms with E-state index in [0.29, 0.717) is 12.2 Å². The lowest BCUT2D eigenvalue weighted by molar-refractivity contribution is -0.127. The van der Waals surface area contributed by atoms with E-state index in [0.717, 1.165) is 45.3 Å². The molecule has 0 spiro atoms. The molecule has 3 aromatic rings. The Hall–Kier alpha value is -3.80. The van der Waals surface area contributed by atoms with E-state index in [1.165, 1.54) is 4.90 Å². The first-order valence-corrected chi connectivity index (χ1v) is 13.1. The summed E-state index contributed by atoms with van der Waals surface area (Å²) >= 11 is 0. The molecule has 11 heteroatoms. The van der Waals surface area contributed by atoms with Crippen LogP contribution in [0, 0.1) is 12.7 Å². The molecule has 4 rings (SSSR count). The first-order valence-electron chi connectivity index (χ1n) is 11.7. The number of amides is 3. The fourth-order valence-corrected chi connectivity index (χ4v) is 5.61. The Labute approximate surface area is 215 Å². The van der Waals surface area contributed by atoms with Crippen LogP contribution in [-0.4, -0.2) is 48.8 Å². The average molecular weight is 526 g/mol. The number of nitrogens with zero attached hydrogens (tertiary/aromatic N) is 2. The molecule has 3 amide bonds. The van der Waals surface area contributed by atoms with Gasteiger partial charge in [0.05, 0.1) is 4.90 Å². The van der Waals surface area contributed by atoms with E-state index in [-0.39, 0.29) is 24.5 Å². The molecule has 0 aromatic heterocycles. The third-order valence-electron chi connectivity index (χ3n) is 6.04. The molecule has 194 valence electrons. The number of hydrogen-bond donors (Lipinski definition) is 3. The molecule has 1 heterocycles. The molecule has 0 bridgehead atoms. The van der Waals surface area contributed by atoms with E-state index >= 15 is 0 Å². The zero-order valence-electron chi connectivity index (χ0n) is 20.2. The number of anilines is 1. The molecule has 1 fully saturated rings. The largest absolute Gasteiger partial charge is 0.349 e. The van der Waals surface area contributed by atoms with Gasteiger partial charge in [-0.25, -0.2) is 17.6 Å². The van der Waals surface area contributed by atoms with Crippen LogP contribution in [0.15, 0.2) is 77.7 Å². The Balaban J connectivity index is 1.60. The highest BCUT2D eigenvalue weighted by Gasteiger charge is 2.46. The summed E-state index contributed by atoms with van der Waals surface area (Å²) in [7, 11) is -4.22. The lowest BCUT2D eigenvalue weighted by atomic mass is 10.1. The minimum absolute atomic E-state index is 0.0150. The second kappa shape index (κ2) is 11.1.